The monoisotopic (exact) mass is 350 g/mol. The Kier molecular flexibility index (Phi) is 6.22. The van der Waals surface area contributed by atoms with Gasteiger partial charge in [-0.05, 0) is 19.1 Å². The molecule has 0 saturated heterocycles. The molecule has 0 aliphatic carbocycles. The van der Waals surface area contributed by atoms with Crippen LogP contribution in [0.2, 0.25) is 0 Å². The Balaban J connectivity index is 0.000000370. The summed E-state index contributed by atoms with van der Waals surface area (Å²) in [5.74, 6) is 0. The third kappa shape index (κ3) is 9.79. The summed E-state index contributed by atoms with van der Waals surface area (Å²) in [4.78, 5) is -0.0666. The Labute approximate surface area is 115 Å². The summed E-state index contributed by atoms with van der Waals surface area (Å²) in [5.41, 5.74) is 0.956. The van der Waals surface area contributed by atoms with Gasteiger partial charge in [0.25, 0.3) is 10.1 Å². The van der Waals surface area contributed by atoms with Crippen molar-refractivity contribution in [3.05, 3.63) is 29.8 Å². The summed E-state index contributed by atoms with van der Waals surface area (Å²) in [7, 11) is -14.3. The molecule has 0 unspecified atom stereocenters. The van der Waals surface area contributed by atoms with E-state index in [1.165, 1.54) is 12.1 Å². The number of rotatable bonds is 3. The molecule has 0 fully saturated rings. The lowest BCUT2D eigenvalue weighted by Gasteiger charge is -1.95. The molecule has 1 aromatic carbocycles. The molecule has 0 heterocycles. The molecule has 0 aliphatic rings. The van der Waals surface area contributed by atoms with Crippen LogP contribution in [0.25, 0.3) is 0 Å². The van der Waals surface area contributed by atoms with E-state index in [2.05, 4.69) is 3.63 Å². The van der Waals surface area contributed by atoms with E-state index in [9.17, 15) is 25.3 Å². The fourth-order valence-electron chi connectivity index (χ4n) is 0.819. The second kappa shape index (κ2) is 6.57. The molecule has 1 rings (SSSR count). The van der Waals surface area contributed by atoms with Crippen LogP contribution in [0.5, 0.6) is 0 Å². The van der Waals surface area contributed by atoms with Gasteiger partial charge in [0, 0.05) is 0 Å². The zero-order chi connectivity index (χ0) is 16.2. The Morgan fingerprint density at radius 3 is 1.35 bits per heavy atom. The summed E-state index contributed by atoms with van der Waals surface area (Å²) < 4.78 is 85.1. The Hall–Kier alpha value is -1.09. The zero-order valence-electron chi connectivity index (χ0n) is 9.73. The van der Waals surface area contributed by atoms with Gasteiger partial charge in [0.2, 0.25) is 0 Å². The third-order valence-corrected chi connectivity index (χ3v) is 3.73. The smallest absolute Gasteiger partial charge is 0.282 e. The summed E-state index contributed by atoms with van der Waals surface area (Å²) in [5, 5.41) is 0. The average Bonchev–Trinajstić information content (AvgIpc) is 2.11. The van der Waals surface area contributed by atoms with Crippen molar-refractivity contribution >= 4 is 30.9 Å². The van der Waals surface area contributed by atoms with E-state index in [1.807, 2.05) is 6.92 Å². The van der Waals surface area contributed by atoms with Crippen LogP contribution in [-0.2, 0) is 34.5 Å². The Morgan fingerprint density at radius 1 is 0.800 bits per heavy atom. The molecule has 0 amide bonds. The highest BCUT2D eigenvalue weighted by molar-refractivity contribution is 7.94. The van der Waals surface area contributed by atoms with Gasteiger partial charge in [0.15, 0.2) is 0 Å². The van der Waals surface area contributed by atoms with Gasteiger partial charge in [-0.15, -0.1) is 3.63 Å². The van der Waals surface area contributed by atoms with Gasteiger partial charge in [-0.1, -0.05) is 17.7 Å². The van der Waals surface area contributed by atoms with Crippen molar-refractivity contribution in [3.63, 3.8) is 0 Å². The fraction of sp³-hybridized carbons (Fsp3) is 0.143. The van der Waals surface area contributed by atoms with Crippen molar-refractivity contribution in [2.45, 2.75) is 11.8 Å². The zero-order valence-corrected chi connectivity index (χ0v) is 12.2. The first-order valence-electron chi connectivity index (χ1n) is 4.41. The van der Waals surface area contributed by atoms with Gasteiger partial charge < -0.3 is 0 Å². The molecule has 0 aliphatic heterocycles. The van der Waals surface area contributed by atoms with Gasteiger partial charge in [0.05, 0.1) is 4.90 Å². The fourth-order valence-corrected chi connectivity index (χ4v) is 2.17. The van der Waals surface area contributed by atoms with Crippen LogP contribution in [0.1, 0.15) is 5.56 Å². The maximum atomic E-state index is 10.5. The van der Waals surface area contributed by atoms with Gasteiger partial charge in [-0.25, -0.2) is 0 Å². The second-order valence-electron chi connectivity index (χ2n) is 3.21. The first-order valence-corrected chi connectivity index (χ1v) is 8.58. The Bertz CT molecular complexity index is 712. The van der Waals surface area contributed by atoms with E-state index >= 15 is 0 Å². The lowest BCUT2D eigenvalue weighted by Crippen LogP contribution is -2.10. The van der Waals surface area contributed by atoms with Gasteiger partial charge in [-0.3, -0.25) is 13.7 Å². The molecule has 20 heavy (non-hydrogen) atoms. The first-order chi connectivity index (χ1) is 8.71. The third-order valence-electron chi connectivity index (χ3n) is 1.49. The highest BCUT2D eigenvalue weighted by Gasteiger charge is 2.15. The van der Waals surface area contributed by atoms with E-state index in [0.717, 1.165) is 5.56 Å². The standard InChI is InChI=1S/C7H8O3S.H2O7S2/c1-6-2-4-7(5-3-6)11(8,9)10;1-8(2,3)7-9(4,5)6/h2-5H,1H3,(H,8,9,10);(H,1,2,3)(H,4,5,6). The van der Waals surface area contributed by atoms with Crippen LogP contribution in [0, 0.1) is 6.92 Å². The summed E-state index contributed by atoms with van der Waals surface area (Å²) in [6.45, 7) is 1.84. The molecule has 1 aromatic rings. The van der Waals surface area contributed by atoms with Crippen LogP contribution in [-0.4, -0.2) is 38.9 Å². The van der Waals surface area contributed by atoms with Gasteiger partial charge in [-0.2, -0.15) is 25.3 Å². The molecular formula is C7H10O10S3. The summed E-state index contributed by atoms with van der Waals surface area (Å²) in [6.07, 6.45) is 0. The maximum absolute atomic E-state index is 10.5. The van der Waals surface area contributed by atoms with E-state index < -0.39 is 30.9 Å². The molecule has 13 heteroatoms. The second-order valence-corrected chi connectivity index (χ2v) is 6.89. The molecule has 116 valence electrons. The van der Waals surface area contributed by atoms with Crippen LogP contribution in [0.3, 0.4) is 0 Å². The van der Waals surface area contributed by atoms with Crippen molar-refractivity contribution in [2.75, 3.05) is 0 Å². The van der Waals surface area contributed by atoms with E-state index in [1.54, 1.807) is 12.1 Å². The van der Waals surface area contributed by atoms with Crippen molar-refractivity contribution in [1.29, 1.82) is 0 Å². The predicted molar refractivity (Wildman–Crippen MR) is 65.2 cm³/mol. The van der Waals surface area contributed by atoms with Crippen LogP contribution in [0.4, 0.5) is 0 Å². The van der Waals surface area contributed by atoms with Gasteiger partial charge in [0.1, 0.15) is 0 Å². The van der Waals surface area contributed by atoms with Crippen LogP contribution in [0.15, 0.2) is 29.2 Å². The predicted octanol–water partition coefficient (Wildman–Crippen LogP) is -0.150. The lowest BCUT2D eigenvalue weighted by atomic mass is 10.2. The highest BCUT2D eigenvalue weighted by atomic mass is 32.3. The topological polar surface area (TPSA) is 172 Å². The van der Waals surface area contributed by atoms with Gasteiger partial charge >= 0.3 is 20.8 Å². The molecular weight excluding hydrogens is 340 g/mol. The molecule has 0 saturated carbocycles. The van der Waals surface area contributed by atoms with Crippen molar-refractivity contribution < 1.29 is 42.5 Å². The molecule has 3 N–H and O–H groups in total. The molecule has 10 nitrogen and oxygen atoms in total. The number of hydrogen-bond acceptors (Lipinski definition) is 7. The Morgan fingerprint density at radius 2 is 1.15 bits per heavy atom. The van der Waals surface area contributed by atoms with Crippen molar-refractivity contribution in [3.8, 4) is 0 Å². The number of hydrogen-bond donors (Lipinski definition) is 3. The largest absolute Gasteiger partial charge is 0.413 e. The van der Waals surface area contributed by atoms with Crippen molar-refractivity contribution in [2.24, 2.45) is 0 Å². The highest BCUT2D eigenvalue weighted by Crippen LogP contribution is 2.08. The van der Waals surface area contributed by atoms with E-state index in [4.69, 9.17) is 13.7 Å². The van der Waals surface area contributed by atoms with E-state index in [0.29, 0.717) is 0 Å². The molecule has 0 radical (unpaired) electrons. The average molecular weight is 350 g/mol. The normalized spacial score (nSPS) is 12.4. The molecule has 0 bridgehead atoms. The van der Waals surface area contributed by atoms with E-state index in [-0.39, 0.29) is 4.90 Å². The number of aryl methyl sites for hydroxylation is 1. The quantitative estimate of drug-likeness (QED) is 0.622. The summed E-state index contributed by atoms with van der Waals surface area (Å²) in [6, 6.07) is 5.99. The minimum atomic E-state index is -5.12. The van der Waals surface area contributed by atoms with Crippen LogP contribution < -0.4 is 0 Å². The minimum absolute atomic E-state index is 0.0666. The molecule has 0 atom stereocenters. The summed E-state index contributed by atoms with van der Waals surface area (Å²) >= 11 is 0. The SMILES string of the molecule is Cc1ccc(S(=O)(=O)O)cc1.O=S(=O)(O)OS(=O)(=O)O. The first kappa shape index (κ1) is 18.9. The lowest BCUT2D eigenvalue weighted by molar-refractivity contribution is 0.344. The minimum Gasteiger partial charge on any atom is -0.282 e. The van der Waals surface area contributed by atoms with Crippen molar-refractivity contribution in [1.82, 2.24) is 0 Å². The number of benzene rings is 1. The van der Waals surface area contributed by atoms with Crippen LogP contribution >= 0.6 is 0 Å². The molecule has 0 aromatic heterocycles. The molecule has 0 spiro atoms. The maximum Gasteiger partial charge on any atom is 0.413 e.